The highest BCUT2D eigenvalue weighted by Gasteiger charge is 2.13. The Kier molecular flexibility index (Phi) is 5.26. The molecule has 0 aliphatic rings. The van der Waals surface area contributed by atoms with Crippen LogP contribution in [0.15, 0.2) is 54.7 Å². The molecule has 0 atom stereocenters. The lowest BCUT2D eigenvalue weighted by atomic mass is 10.2. The summed E-state index contributed by atoms with van der Waals surface area (Å²) < 4.78 is 6.91. The van der Waals surface area contributed by atoms with E-state index in [1.54, 1.807) is 47.3 Å². The fourth-order valence-corrected chi connectivity index (χ4v) is 2.68. The van der Waals surface area contributed by atoms with E-state index in [9.17, 15) is 4.79 Å². The molecular formula is C18H15Cl2N3O2. The van der Waals surface area contributed by atoms with Crippen molar-refractivity contribution in [1.82, 2.24) is 9.78 Å². The molecule has 3 rings (SSSR count). The molecule has 5 nitrogen and oxygen atoms in total. The van der Waals surface area contributed by atoms with Crippen molar-refractivity contribution in [2.24, 2.45) is 0 Å². The second-order valence-corrected chi connectivity index (χ2v) is 6.12. The number of para-hydroxylation sites is 1. The van der Waals surface area contributed by atoms with Gasteiger partial charge in [-0.25, -0.2) is 0 Å². The zero-order valence-electron chi connectivity index (χ0n) is 13.4. The van der Waals surface area contributed by atoms with Crippen molar-refractivity contribution in [3.05, 3.63) is 75.9 Å². The Labute approximate surface area is 155 Å². The van der Waals surface area contributed by atoms with Crippen LogP contribution in [0.2, 0.25) is 10.0 Å². The van der Waals surface area contributed by atoms with Gasteiger partial charge in [-0.05, 0) is 29.8 Å². The monoisotopic (exact) mass is 375 g/mol. The molecule has 1 N–H and O–H groups in total. The molecule has 25 heavy (non-hydrogen) atoms. The lowest BCUT2D eigenvalue weighted by Gasteiger charge is -2.07. The first-order valence-electron chi connectivity index (χ1n) is 7.48. The van der Waals surface area contributed by atoms with Gasteiger partial charge in [-0.3, -0.25) is 9.48 Å². The molecule has 3 aromatic rings. The van der Waals surface area contributed by atoms with E-state index in [0.717, 1.165) is 5.56 Å². The largest absolute Gasteiger partial charge is 0.496 e. The van der Waals surface area contributed by atoms with Gasteiger partial charge in [0.25, 0.3) is 5.91 Å². The molecule has 0 unspecified atom stereocenters. The lowest BCUT2D eigenvalue weighted by molar-refractivity contribution is 0.102. The van der Waals surface area contributed by atoms with Gasteiger partial charge in [-0.15, -0.1) is 0 Å². The highest BCUT2D eigenvalue weighted by atomic mass is 35.5. The van der Waals surface area contributed by atoms with Crippen molar-refractivity contribution in [1.29, 1.82) is 0 Å². The summed E-state index contributed by atoms with van der Waals surface area (Å²) in [6.07, 6.45) is 1.78. The molecule has 1 heterocycles. The van der Waals surface area contributed by atoms with Crippen molar-refractivity contribution >= 4 is 34.9 Å². The van der Waals surface area contributed by atoms with E-state index in [-0.39, 0.29) is 5.91 Å². The smallest absolute Gasteiger partial charge is 0.260 e. The first-order valence-corrected chi connectivity index (χ1v) is 8.24. The van der Waals surface area contributed by atoms with Crippen LogP contribution in [0.5, 0.6) is 5.75 Å². The van der Waals surface area contributed by atoms with Crippen LogP contribution in [0, 0.1) is 0 Å². The maximum absolute atomic E-state index is 12.4. The maximum Gasteiger partial charge on any atom is 0.260 e. The number of amides is 1. The van der Waals surface area contributed by atoms with E-state index in [0.29, 0.717) is 33.7 Å². The molecular weight excluding hydrogens is 361 g/mol. The first-order chi connectivity index (χ1) is 12.1. The van der Waals surface area contributed by atoms with Crippen LogP contribution in [-0.4, -0.2) is 22.8 Å². The number of aromatic nitrogens is 2. The number of carbonyl (C=O) groups is 1. The summed E-state index contributed by atoms with van der Waals surface area (Å²) >= 11 is 11.9. The van der Waals surface area contributed by atoms with E-state index in [2.05, 4.69) is 10.4 Å². The summed E-state index contributed by atoms with van der Waals surface area (Å²) in [4.78, 5) is 12.4. The Morgan fingerprint density at radius 2 is 1.96 bits per heavy atom. The van der Waals surface area contributed by atoms with Gasteiger partial charge < -0.3 is 10.1 Å². The average Bonchev–Trinajstić information content (AvgIpc) is 3.05. The Balaban J connectivity index is 1.71. The maximum atomic E-state index is 12.4. The van der Waals surface area contributed by atoms with Crippen molar-refractivity contribution in [2.75, 3.05) is 12.4 Å². The number of carbonyl (C=O) groups excluding carboxylic acids is 1. The van der Waals surface area contributed by atoms with Gasteiger partial charge in [-0.1, -0.05) is 41.4 Å². The SMILES string of the molecule is COc1ccccc1C(=O)Nc1ccn(Cc2ccc(Cl)c(Cl)c2)n1. The highest BCUT2D eigenvalue weighted by molar-refractivity contribution is 6.42. The fraction of sp³-hybridized carbons (Fsp3) is 0.111. The Morgan fingerprint density at radius 1 is 1.16 bits per heavy atom. The molecule has 0 saturated carbocycles. The molecule has 0 aliphatic carbocycles. The molecule has 0 spiro atoms. The van der Waals surface area contributed by atoms with Gasteiger partial charge in [0, 0.05) is 12.3 Å². The predicted molar refractivity (Wildman–Crippen MR) is 98.7 cm³/mol. The molecule has 7 heteroatoms. The summed E-state index contributed by atoms with van der Waals surface area (Å²) in [5.41, 5.74) is 1.41. The Bertz CT molecular complexity index is 909. The van der Waals surface area contributed by atoms with Crippen LogP contribution in [0.3, 0.4) is 0 Å². The van der Waals surface area contributed by atoms with Crippen molar-refractivity contribution in [3.8, 4) is 5.75 Å². The molecule has 128 valence electrons. The standard InChI is InChI=1S/C18H15Cl2N3O2/c1-25-16-5-3-2-4-13(16)18(24)21-17-8-9-23(22-17)11-12-6-7-14(19)15(20)10-12/h2-10H,11H2,1H3,(H,21,22,24). The van der Waals surface area contributed by atoms with Crippen LogP contribution in [0.1, 0.15) is 15.9 Å². The Morgan fingerprint density at radius 3 is 2.72 bits per heavy atom. The van der Waals surface area contributed by atoms with E-state index < -0.39 is 0 Å². The number of hydrogen-bond donors (Lipinski definition) is 1. The van der Waals surface area contributed by atoms with Crippen molar-refractivity contribution in [2.45, 2.75) is 6.54 Å². The fourth-order valence-electron chi connectivity index (χ4n) is 2.36. The molecule has 0 bridgehead atoms. The first kappa shape index (κ1) is 17.3. The predicted octanol–water partition coefficient (Wildman–Crippen LogP) is 4.50. The third-order valence-corrected chi connectivity index (χ3v) is 4.30. The highest BCUT2D eigenvalue weighted by Crippen LogP contribution is 2.23. The van der Waals surface area contributed by atoms with Gasteiger partial charge >= 0.3 is 0 Å². The van der Waals surface area contributed by atoms with Crippen LogP contribution < -0.4 is 10.1 Å². The van der Waals surface area contributed by atoms with E-state index in [1.807, 2.05) is 12.1 Å². The minimum Gasteiger partial charge on any atom is -0.496 e. The van der Waals surface area contributed by atoms with Gasteiger partial charge in [0.05, 0.1) is 29.3 Å². The second-order valence-electron chi connectivity index (χ2n) is 5.30. The van der Waals surface area contributed by atoms with Crippen LogP contribution in [-0.2, 0) is 6.54 Å². The number of anilines is 1. The number of ether oxygens (including phenoxy) is 1. The summed E-state index contributed by atoms with van der Waals surface area (Å²) in [5, 5.41) is 8.11. The molecule has 0 saturated heterocycles. The molecule has 0 radical (unpaired) electrons. The zero-order chi connectivity index (χ0) is 17.8. The minimum atomic E-state index is -0.280. The number of nitrogens with one attached hydrogen (secondary N) is 1. The number of rotatable bonds is 5. The van der Waals surface area contributed by atoms with E-state index in [4.69, 9.17) is 27.9 Å². The van der Waals surface area contributed by atoms with E-state index >= 15 is 0 Å². The van der Waals surface area contributed by atoms with Crippen LogP contribution in [0.4, 0.5) is 5.82 Å². The summed E-state index contributed by atoms with van der Waals surface area (Å²) in [5.74, 6) is 0.684. The second kappa shape index (κ2) is 7.59. The quantitative estimate of drug-likeness (QED) is 0.714. The van der Waals surface area contributed by atoms with Gasteiger partial charge in [0.15, 0.2) is 5.82 Å². The zero-order valence-corrected chi connectivity index (χ0v) is 14.9. The minimum absolute atomic E-state index is 0.280. The van der Waals surface area contributed by atoms with Crippen molar-refractivity contribution in [3.63, 3.8) is 0 Å². The number of halogens is 2. The number of hydrogen-bond acceptors (Lipinski definition) is 3. The average molecular weight is 376 g/mol. The lowest BCUT2D eigenvalue weighted by Crippen LogP contribution is -2.14. The Hall–Kier alpha value is -2.50. The number of nitrogens with zero attached hydrogens (tertiary/aromatic N) is 2. The third-order valence-electron chi connectivity index (χ3n) is 3.56. The molecule has 2 aromatic carbocycles. The summed E-state index contributed by atoms with van der Waals surface area (Å²) in [6.45, 7) is 0.515. The third kappa shape index (κ3) is 4.13. The topological polar surface area (TPSA) is 56.1 Å². The van der Waals surface area contributed by atoms with Crippen LogP contribution >= 0.6 is 23.2 Å². The summed E-state index contributed by atoms with van der Waals surface area (Å²) in [6, 6.07) is 14.2. The van der Waals surface area contributed by atoms with Crippen LogP contribution in [0.25, 0.3) is 0 Å². The molecule has 0 aliphatic heterocycles. The van der Waals surface area contributed by atoms with Gasteiger partial charge in [0.2, 0.25) is 0 Å². The summed E-state index contributed by atoms with van der Waals surface area (Å²) in [7, 11) is 1.53. The van der Waals surface area contributed by atoms with E-state index in [1.165, 1.54) is 7.11 Å². The van der Waals surface area contributed by atoms with Gasteiger partial charge in [-0.2, -0.15) is 5.10 Å². The normalized spacial score (nSPS) is 10.5. The number of methoxy groups -OCH3 is 1. The van der Waals surface area contributed by atoms with Crippen molar-refractivity contribution < 1.29 is 9.53 Å². The molecule has 1 amide bonds. The molecule has 0 fully saturated rings. The van der Waals surface area contributed by atoms with Gasteiger partial charge in [0.1, 0.15) is 5.75 Å². The number of benzene rings is 2. The molecule has 1 aromatic heterocycles.